The number of alkyl halides is 5. The first-order valence-corrected chi connectivity index (χ1v) is 11.5. The fourth-order valence-electron chi connectivity index (χ4n) is 3.56. The summed E-state index contributed by atoms with van der Waals surface area (Å²) in [4.78, 5) is 21.4. The minimum Gasteiger partial charge on any atom is -0.611 e. The molecule has 0 radical (unpaired) electrons. The average molecular weight is 496 g/mol. The number of nitriles is 1. The zero-order valence-electron chi connectivity index (χ0n) is 17.7. The predicted octanol–water partition coefficient (Wildman–Crippen LogP) is 4.34. The molecule has 0 aromatic carbocycles. The number of rotatable bonds is 6. The van der Waals surface area contributed by atoms with Gasteiger partial charge >= 0.3 is 12.1 Å². The summed E-state index contributed by atoms with van der Waals surface area (Å²) in [6.45, 7) is -0.132. The fourth-order valence-corrected chi connectivity index (χ4v) is 4.50. The van der Waals surface area contributed by atoms with Crippen molar-refractivity contribution in [2.75, 3.05) is 5.75 Å². The third kappa shape index (κ3) is 4.14. The van der Waals surface area contributed by atoms with Crippen molar-refractivity contribution in [3.8, 4) is 17.5 Å². The van der Waals surface area contributed by atoms with Crippen molar-refractivity contribution in [2.45, 2.75) is 48.7 Å². The Morgan fingerprint density at radius 1 is 1.21 bits per heavy atom. The number of halogens is 5. The second kappa shape index (κ2) is 8.32. The van der Waals surface area contributed by atoms with Crippen molar-refractivity contribution in [3.05, 3.63) is 52.7 Å². The Balaban J connectivity index is 1.77. The molecule has 1 atom stereocenters. The van der Waals surface area contributed by atoms with Crippen LogP contribution in [-0.2, 0) is 23.1 Å². The molecular formula is C22H17F5N4O2S. The standard InChI is InChI=1S/C22H17F5N4O2S/c1-2-34(33)17-8-14(20(11-28)4-5-20)9-30-18(17)16-7-13-3-6-31(19(32)15(13)10-29-16)12-21(23,24)22(25,26)27/h3,6-10H,2,4-5,12H2,1H3. The molecule has 34 heavy (non-hydrogen) atoms. The highest BCUT2D eigenvalue weighted by Gasteiger charge is 2.57. The van der Waals surface area contributed by atoms with Crippen LogP contribution >= 0.6 is 0 Å². The lowest BCUT2D eigenvalue weighted by Gasteiger charge is -2.20. The zero-order chi connectivity index (χ0) is 24.9. The maximum atomic E-state index is 13.4. The summed E-state index contributed by atoms with van der Waals surface area (Å²) in [6, 6.07) is 6.58. The Kier molecular flexibility index (Phi) is 5.90. The molecule has 1 aliphatic rings. The van der Waals surface area contributed by atoms with E-state index in [9.17, 15) is 36.6 Å². The van der Waals surface area contributed by atoms with Gasteiger partial charge in [0.25, 0.3) is 5.56 Å². The number of pyridine rings is 3. The lowest BCUT2D eigenvalue weighted by atomic mass is 9.99. The lowest BCUT2D eigenvalue weighted by Crippen LogP contribution is -2.42. The van der Waals surface area contributed by atoms with E-state index in [1.807, 2.05) is 0 Å². The van der Waals surface area contributed by atoms with Crippen molar-refractivity contribution < 1.29 is 26.5 Å². The number of hydrogen-bond donors (Lipinski definition) is 0. The summed E-state index contributed by atoms with van der Waals surface area (Å²) in [5.41, 5.74) is -0.517. The summed E-state index contributed by atoms with van der Waals surface area (Å²) in [7, 11) is 0. The molecule has 3 heterocycles. The van der Waals surface area contributed by atoms with Gasteiger partial charge < -0.3 is 9.12 Å². The van der Waals surface area contributed by atoms with Crippen molar-refractivity contribution in [3.63, 3.8) is 0 Å². The van der Waals surface area contributed by atoms with Crippen LogP contribution in [0.2, 0.25) is 0 Å². The number of nitrogens with zero attached hydrogens (tertiary/aromatic N) is 4. The molecular weight excluding hydrogens is 479 g/mol. The molecule has 1 saturated carbocycles. The quantitative estimate of drug-likeness (QED) is 0.374. The molecule has 6 nitrogen and oxygen atoms in total. The average Bonchev–Trinajstić information content (AvgIpc) is 3.60. The Morgan fingerprint density at radius 3 is 2.50 bits per heavy atom. The van der Waals surface area contributed by atoms with Gasteiger partial charge in [0.2, 0.25) is 0 Å². The lowest BCUT2D eigenvalue weighted by molar-refractivity contribution is -0.287. The van der Waals surface area contributed by atoms with Crippen LogP contribution in [0.3, 0.4) is 0 Å². The molecule has 3 aromatic heterocycles. The van der Waals surface area contributed by atoms with Gasteiger partial charge in [0.1, 0.15) is 11.4 Å². The van der Waals surface area contributed by atoms with Crippen LogP contribution in [0.1, 0.15) is 25.3 Å². The van der Waals surface area contributed by atoms with Gasteiger partial charge in [-0.2, -0.15) is 27.2 Å². The van der Waals surface area contributed by atoms with E-state index in [4.69, 9.17) is 0 Å². The van der Waals surface area contributed by atoms with Gasteiger partial charge in [-0.3, -0.25) is 9.78 Å². The molecule has 3 aromatic rings. The van der Waals surface area contributed by atoms with Crippen LogP contribution in [0.4, 0.5) is 22.0 Å². The normalized spacial score (nSPS) is 16.3. The SMILES string of the molecule is CC[S+]([O-])c1cc(C2(C#N)CC2)cnc1-c1cc2ccn(CC(F)(F)C(F)(F)F)c(=O)c2cn1. The molecule has 0 saturated heterocycles. The molecule has 0 bridgehead atoms. The van der Waals surface area contributed by atoms with E-state index in [0.29, 0.717) is 27.9 Å². The monoisotopic (exact) mass is 496 g/mol. The first-order chi connectivity index (χ1) is 15.9. The molecule has 0 amide bonds. The van der Waals surface area contributed by atoms with Crippen molar-refractivity contribution in [1.82, 2.24) is 14.5 Å². The third-order valence-corrected chi connectivity index (χ3v) is 7.09. The molecule has 0 N–H and O–H groups in total. The van der Waals surface area contributed by atoms with Crippen LogP contribution in [0.5, 0.6) is 0 Å². The molecule has 0 aliphatic heterocycles. The molecule has 1 unspecified atom stereocenters. The second-order valence-corrected chi connectivity index (χ2v) is 9.71. The Bertz CT molecular complexity index is 1360. The topological polar surface area (TPSA) is 94.6 Å². The summed E-state index contributed by atoms with van der Waals surface area (Å²) in [5, 5.41) is 9.55. The maximum Gasteiger partial charge on any atom is 0.455 e. The Labute approximate surface area is 193 Å². The first-order valence-electron chi connectivity index (χ1n) is 10.2. The van der Waals surface area contributed by atoms with Gasteiger partial charge in [-0.25, -0.2) is 4.98 Å². The highest BCUT2D eigenvalue weighted by Crippen LogP contribution is 2.48. The van der Waals surface area contributed by atoms with Crippen LogP contribution in [0, 0.1) is 11.3 Å². The van der Waals surface area contributed by atoms with Gasteiger partial charge in [-0.05, 0) is 54.0 Å². The van der Waals surface area contributed by atoms with Crippen LogP contribution in [0.25, 0.3) is 22.2 Å². The van der Waals surface area contributed by atoms with E-state index in [0.717, 1.165) is 12.4 Å². The van der Waals surface area contributed by atoms with Gasteiger partial charge in [0, 0.05) is 24.7 Å². The fraction of sp³-hybridized carbons (Fsp3) is 0.364. The number of hydrogen-bond acceptors (Lipinski definition) is 5. The Morgan fingerprint density at radius 2 is 1.91 bits per heavy atom. The van der Waals surface area contributed by atoms with E-state index in [2.05, 4.69) is 16.0 Å². The molecule has 1 fully saturated rings. The van der Waals surface area contributed by atoms with E-state index < -0.39 is 40.8 Å². The molecule has 12 heteroatoms. The maximum absolute atomic E-state index is 13.4. The largest absolute Gasteiger partial charge is 0.611 e. The van der Waals surface area contributed by atoms with Crippen LogP contribution < -0.4 is 5.56 Å². The molecule has 178 valence electrons. The van der Waals surface area contributed by atoms with Crippen molar-refractivity contribution >= 4 is 21.9 Å². The predicted molar refractivity (Wildman–Crippen MR) is 114 cm³/mol. The zero-order valence-corrected chi connectivity index (χ0v) is 18.5. The molecule has 1 aliphatic carbocycles. The smallest absolute Gasteiger partial charge is 0.455 e. The first kappa shape index (κ1) is 24.1. The third-order valence-electron chi connectivity index (χ3n) is 5.76. The van der Waals surface area contributed by atoms with Gasteiger partial charge in [0.05, 0.1) is 29.1 Å². The number of aromatic nitrogens is 3. The minimum absolute atomic E-state index is 0.152. The van der Waals surface area contributed by atoms with E-state index in [1.165, 1.54) is 18.3 Å². The van der Waals surface area contributed by atoms with E-state index in [-0.39, 0.29) is 27.9 Å². The van der Waals surface area contributed by atoms with Gasteiger partial charge in [-0.15, -0.1) is 0 Å². The van der Waals surface area contributed by atoms with E-state index >= 15 is 0 Å². The summed E-state index contributed by atoms with van der Waals surface area (Å²) >= 11 is -1.45. The van der Waals surface area contributed by atoms with Crippen molar-refractivity contribution in [2.24, 2.45) is 0 Å². The number of fused-ring (bicyclic) bond motifs is 1. The highest BCUT2D eigenvalue weighted by molar-refractivity contribution is 7.91. The van der Waals surface area contributed by atoms with Crippen LogP contribution in [0.15, 0.2) is 46.5 Å². The molecule has 0 spiro atoms. The van der Waals surface area contributed by atoms with Crippen LogP contribution in [-0.4, -0.2) is 36.9 Å². The molecule has 4 rings (SSSR count). The Hall–Kier alpha value is -3.04. The summed E-state index contributed by atoms with van der Waals surface area (Å²) < 4.78 is 77.5. The van der Waals surface area contributed by atoms with Crippen molar-refractivity contribution in [1.29, 1.82) is 5.26 Å². The highest BCUT2D eigenvalue weighted by atomic mass is 32.2. The minimum atomic E-state index is -5.79. The van der Waals surface area contributed by atoms with Gasteiger partial charge in [0.15, 0.2) is 4.90 Å². The van der Waals surface area contributed by atoms with E-state index in [1.54, 1.807) is 13.0 Å². The second-order valence-electron chi connectivity index (χ2n) is 8.01. The summed E-state index contributed by atoms with van der Waals surface area (Å²) in [6.07, 6.45) is -0.990. The van der Waals surface area contributed by atoms with Gasteiger partial charge in [-0.1, -0.05) is 0 Å². The summed E-state index contributed by atoms with van der Waals surface area (Å²) in [5.74, 6) is -4.80.